The van der Waals surface area contributed by atoms with Crippen LogP contribution in [-0.4, -0.2) is 34.7 Å². The van der Waals surface area contributed by atoms with Gasteiger partial charge in [0.15, 0.2) is 0 Å². The zero-order chi connectivity index (χ0) is 22.5. The minimum Gasteiger partial charge on any atom is -0.465 e. The summed E-state index contributed by atoms with van der Waals surface area (Å²) in [4.78, 5) is 34.2. The number of hydrazone groups is 1. The van der Waals surface area contributed by atoms with E-state index in [0.717, 1.165) is 22.6 Å². The standard InChI is InChI=1S/C22H20N4O5/c1-14-11-18(13-23-24-21(27)16-7-9-19(10-8-16)26(29)30)15(2)25(14)20-6-4-5-17(12-20)22(28)31-3/h4-13H,1-3H3,(H,24,27)/b23-13-. The van der Waals surface area contributed by atoms with Crippen LogP contribution in [0, 0.1) is 24.0 Å². The summed E-state index contributed by atoms with van der Waals surface area (Å²) in [7, 11) is 1.33. The van der Waals surface area contributed by atoms with Crippen LogP contribution in [0.15, 0.2) is 59.7 Å². The van der Waals surface area contributed by atoms with Crippen molar-refractivity contribution in [3.05, 3.63) is 92.8 Å². The topological polar surface area (TPSA) is 116 Å². The fraction of sp³-hybridized carbons (Fsp3) is 0.136. The first-order valence-electron chi connectivity index (χ1n) is 9.27. The summed E-state index contributed by atoms with van der Waals surface area (Å²) in [6, 6.07) is 14.2. The van der Waals surface area contributed by atoms with Gasteiger partial charge >= 0.3 is 5.97 Å². The zero-order valence-electron chi connectivity index (χ0n) is 17.2. The van der Waals surface area contributed by atoms with Crippen LogP contribution in [0.4, 0.5) is 5.69 Å². The van der Waals surface area contributed by atoms with E-state index in [1.54, 1.807) is 18.2 Å². The molecular formula is C22H20N4O5. The van der Waals surface area contributed by atoms with Gasteiger partial charge < -0.3 is 9.30 Å². The van der Waals surface area contributed by atoms with E-state index in [1.165, 1.54) is 37.6 Å². The van der Waals surface area contributed by atoms with Crippen molar-refractivity contribution < 1.29 is 19.2 Å². The molecule has 2 aromatic carbocycles. The number of methoxy groups -OCH3 is 1. The van der Waals surface area contributed by atoms with Crippen molar-refractivity contribution in [3.63, 3.8) is 0 Å². The Balaban J connectivity index is 1.78. The number of nitro benzene ring substituents is 1. The highest BCUT2D eigenvalue weighted by Gasteiger charge is 2.13. The first-order valence-corrected chi connectivity index (χ1v) is 9.27. The lowest BCUT2D eigenvalue weighted by molar-refractivity contribution is -0.384. The van der Waals surface area contributed by atoms with Crippen LogP contribution >= 0.6 is 0 Å². The molecular weight excluding hydrogens is 400 g/mol. The van der Waals surface area contributed by atoms with Gasteiger partial charge in [-0.2, -0.15) is 5.10 Å². The number of benzene rings is 2. The second-order valence-corrected chi connectivity index (χ2v) is 6.71. The Hall–Kier alpha value is -4.27. The molecule has 31 heavy (non-hydrogen) atoms. The van der Waals surface area contributed by atoms with Gasteiger partial charge in [0.1, 0.15) is 0 Å². The number of rotatable bonds is 6. The molecule has 0 fully saturated rings. The van der Waals surface area contributed by atoms with Crippen LogP contribution in [0.1, 0.15) is 37.7 Å². The molecule has 1 N–H and O–H groups in total. The lowest BCUT2D eigenvalue weighted by Crippen LogP contribution is -2.17. The highest BCUT2D eigenvalue weighted by atomic mass is 16.6. The first-order chi connectivity index (χ1) is 14.8. The summed E-state index contributed by atoms with van der Waals surface area (Å²) in [5.74, 6) is -0.897. The van der Waals surface area contributed by atoms with Crippen LogP contribution in [0.5, 0.6) is 0 Å². The molecule has 0 spiro atoms. The second kappa shape index (κ2) is 9.04. The molecule has 9 heteroatoms. The number of aromatic nitrogens is 1. The summed E-state index contributed by atoms with van der Waals surface area (Å²) >= 11 is 0. The number of non-ortho nitro benzene ring substituents is 1. The van der Waals surface area contributed by atoms with Gasteiger partial charge in [0.2, 0.25) is 0 Å². The molecule has 0 aliphatic heterocycles. The molecule has 0 radical (unpaired) electrons. The smallest absolute Gasteiger partial charge is 0.337 e. The molecule has 1 amide bonds. The summed E-state index contributed by atoms with van der Waals surface area (Å²) in [6.07, 6.45) is 1.52. The Morgan fingerprint density at radius 3 is 2.45 bits per heavy atom. The van der Waals surface area contributed by atoms with E-state index in [1.807, 2.05) is 30.5 Å². The fourth-order valence-electron chi connectivity index (χ4n) is 3.16. The number of aryl methyl sites for hydroxylation is 1. The Morgan fingerprint density at radius 1 is 1.10 bits per heavy atom. The number of carbonyl (C=O) groups is 2. The molecule has 0 bridgehead atoms. The van der Waals surface area contributed by atoms with Crippen molar-refractivity contribution in [2.24, 2.45) is 5.10 Å². The molecule has 0 saturated heterocycles. The molecule has 0 unspecified atom stereocenters. The molecule has 0 saturated carbocycles. The van der Waals surface area contributed by atoms with E-state index >= 15 is 0 Å². The van der Waals surface area contributed by atoms with Crippen LogP contribution < -0.4 is 5.43 Å². The number of hydrogen-bond donors (Lipinski definition) is 1. The van der Waals surface area contributed by atoms with Gasteiger partial charge in [-0.3, -0.25) is 14.9 Å². The minimum atomic E-state index is -0.531. The third-order valence-electron chi connectivity index (χ3n) is 4.71. The van der Waals surface area contributed by atoms with Gasteiger partial charge in [-0.1, -0.05) is 6.07 Å². The van der Waals surface area contributed by atoms with E-state index in [2.05, 4.69) is 10.5 Å². The largest absolute Gasteiger partial charge is 0.465 e. The number of nitrogens with zero attached hydrogens (tertiary/aromatic N) is 3. The van der Waals surface area contributed by atoms with Gasteiger partial charge in [-0.15, -0.1) is 0 Å². The predicted molar refractivity (Wildman–Crippen MR) is 115 cm³/mol. The fourth-order valence-corrected chi connectivity index (χ4v) is 3.16. The van der Waals surface area contributed by atoms with Crippen molar-refractivity contribution in [2.45, 2.75) is 13.8 Å². The lowest BCUT2D eigenvalue weighted by atomic mass is 10.2. The number of hydrogen-bond acceptors (Lipinski definition) is 6. The second-order valence-electron chi connectivity index (χ2n) is 6.71. The summed E-state index contributed by atoms with van der Waals surface area (Å²) in [5, 5.41) is 14.7. The lowest BCUT2D eigenvalue weighted by Gasteiger charge is -2.10. The number of ether oxygens (including phenoxy) is 1. The van der Waals surface area contributed by atoms with Crippen molar-refractivity contribution in [3.8, 4) is 5.69 Å². The number of amides is 1. The molecule has 0 aliphatic rings. The average Bonchev–Trinajstić information content (AvgIpc) is 3.06. The van der Waals surface area contributed by atoms with Gasteiger partial charge in [-0.25, -0.2) is 10.2 Å². The number of esters is 1. The SMILES string of the molecule is COC(=O)c1cccc(-n2c(C)cc(/C=N\NC(=O)c3ccc([N+](=O)[O-])cc3)c2C)c1. The number of nitro groups is 1. The van der Waals surface area contributed by atoms with Gasteiger partial charge in [-0.05, 0) is 50.2 Å². The molecule has 0 aliphatic carbocycles. The van der Waals surface area contributed by atoms with Gasteiger partial charge in [0.05, 0.1) is 23.8 Å². The third-order valence-corrected chi connectivity index (χ3v) is 4.71. The van der Waals surface area contributed by atoms with Gasteiger partial charge in [0.25, 0.3) is 11.6 Å². The molecule has 158 valence electrons. The Labute approximate surface area is 178 Å². The average molecular weight is 420 g/mol. The molecule has 3 aromatic rings. The molecule has 0 atom stereocenters. The Morgan fingerprint density at radius 2 is 1.81 bits per heavy atom. The predicted octanol–water partition coefficient (Wildman–Crippen LogP) is 3.55. The van der Waals surface area contributed by atoms with Crippen molar-refractivity contribution in [2.75, 3.05) is 7.11 Å². The van der Waals surface area contributed by atoms with Crippen molar-refractivity contribution in [1.29, 1.82) is 0 Å². The maximum atomic E-state index is 12.2. The summed E-state index contributed by atoms with van der Waals surface area (Å²) in [6.45, 7) is 3.82. The highest BCUT2D eigenvalue weighted by Crippen LogP contribution is 2.21. The van der Waals surface area contributed by atoms with Crippen molar-refractivity contribution >= 4 is 23.8 Å². The van der Waals surface area contributed by atoms with E-state index in [-0.39, 0.29) is 11.3 Å². The molecule has 3 rings (SSSR count). The Kier molecular flexibility index (Phi) is 6.25. The zero-order valence-corrected chi connectivity index (χ0v) is 17.2. The first kappa shape index (κ1) is 21.4. The third kappa shape index (κ3) is 4.67. The Bertz CT molecular complexity index is 1180. The number of carbonyl (C=O) groups excluding carboxylic acids is 2. The van der Waals surface area contributed by atoms with Crippen LogP contribution in [-0.2, 0) is 4.74 Å². The van der Waals surface area contributed by atoms with Crippen LogP contribution in [0.2, 0.25) is 0 Å². The summed E-state index contributed by atoms with van der Waals surface area (Å²) < 4.78 is 6.74. The van der Waals surface area contributed by atoms with E-state index in [0.29, 0.717) is 5.56 Å². The van der Waals surface area contributed by atoms with Crippen LogP contribution in [0.3, 0.4) is 0 Å². The van der Waals surface area contributed by atoms with E-state index < -0.39 is 16.8 Å². The molecule has 9 nitrogen and oxygen atoms in total. The summed E-state index contributed by atoms with van der Waals surface area (Å²) in [5.41, 5.74) is 6.39. The maximum absolute atomic E-state index is 12.2. The number of nitrogens with one attached hydrogen (secondary N) is 1. The minimum absolute atomic E-state index is 0.0937. The van der Waals surface area contributed by atoms with E-state index in [4.69, 9.17) is 4.74 Å². The van der Waals surface area contributed by atoms with Crippen molar-refractivity contribution in [1.82, 2.24) is 9.99 Å². The molecule has 1 heterocycles. The maximum Gasteiger partial charge on any atom is 0.337 e. The van der Waals surface area contributed by atoms with Crippen LogP contribution in [0.25, 0.3) is 5.69 Å². The monoisotopic (exact) mass is 420 g/mol. The molecule has 1 aromatic heterocycles. The van der Waals surface area contributed by atoms with E-state index in [9.17, 15) is 19.7 Å². The normalized spacial score (nSPS) is 10.8. The van der Waals surface area contributed by atoms with Gasteiger partial charge in [0, 0.05) is 40.3 Å². The quantitative estimate of drug-likeness (QED) is 0.283. The highest BCUT2D eigenvalue weighted by molar-refractivity contribution is 5.95.